The fourth-order valence-electron chi connectivity index (χ4n) is 2.75. The van der Waals surface area contributed by atoms with Gasteiger partial charge in [-0.05, 0) is 54.4 Å². The van der Waals surface area contributed by atoms with E-state index in [1.165, 1.54) is 27.7 Å². The number of carbonyl (C=O) groups is 4. The summed E-state index contributed by atoms with van der Waals surface area (Å²) >= 11 is 0. The highest BCUT2D eigenvalue weighted by molar-refractivity contribution is 5.79. The Morgan fingerprint density at radius 3 is 1.26 bits per heavy atom. The number of carbonyl (C=O) groups excluding carboxylic acids is 4. The minimum absolute atomic E-state index is 0.00879. The number of aliphatic hydroxyl groups is 2. The van der Waals surface area contributed by atoms with Crippen LogP contribution >= 0.6 is 0 Å². The molecule has 0 amide bonds. The molecule has 0 bridgehead atoms. The van der Waals surface area contributed by atoms with Crippen LogP contribution in [0.25, 0.3) is 0 Å². The Balaban J connectivity index is 4.07. The van der Waals surface area contributed by atoms with Crippen molar-refractivity contribution in [2.45, 2.75) is 104 Å². The zero-order chi connectivity index (χ0) is 33.1. The Bertz CT molecular complexity index is 763. The SMILES string of the molecule is CCC(O)COC(=O)C(C)(C)OCCOC(=O)OC(C)COCC(C)OC(=O)OCCOC(C)(C)C(=O)OCC(O)CC. The minimum Gasteiger partial charge on any atom is -0.461 e. The number of rotatable bonds is 22. The monoisotopic (exact) mass is 626 g/mol. The zero-order valence-electron chi connectivity index (χ0n) is 26.6. The predicted molar refractivity (Wildman–Crippen MR) is 149 cm³/mol. The van der Waals surface area contributed by atoms with Gasteiger partial charge in [-0.1, -0.05) is 13.8 Å². The minimum atomic E-state index is -1.30. The van der Waals surface area contributed by atoms with Crippen LogP contribution in [0.3, 0.4) is 0 Å². The van der Waals surface area contributed by atoms with Gasteiger partial charge in [0.1, 0.15) is 38.6 Å². The molecule has 0 saturated heterocycles. The first-order chi connectivity index (χ1) is 20.0. The molecule has 252 valence electrons. The number of hydrogen-bond donors (Lipinski definition) is 2. The van der Waals surface area contributed by atoms with Crippen molar-refractivity contribution in [2.75, 3.05) is 52.9 Å². The maximum atomic E-state index is 12.1. The summed E-state index contributed by atoms with van der Waals surface area (Å²) in [6.45, 7) is 11.8. The van der Waals surface area contributed by atoms with Gasteiger partial charge in [0.2, 0.25) is 0 Å². The van der Waals surface area contributed by atoms with Crippen molar-refractivity contribution in [3.63, 3.8) is 0 Å². The van der Waals surface area contributed by atoms with Gasteiger partial charge in [0, 0.05) is 0 Å². The molecule has 15 heteroatoms. The molecule has 43 heavy (non-hydrogen) atoms. The van der Waals surface area contributed by atoms with Gasteiger partial charge in [-0.2, -0.15) is 0 Å². The molecule has 15 nitrogen and oxygen atoms in total. The van der Waals surface area contributed by atoms with Gasteiger partial charge in [-0.15, -0.1) is 0 Å². The van der Waals surface area contributed by atoms with Crippen molar-refractivity contribution in [3.05, 3.63) is 0 Å². The highest BCUT2D eigenvalue weighted by Gasteiger charge is 2.32. The summed E-state index contributed by atoms with van der Waals surface area (Å²) in [6.07, 6.45) is -3.89. The van der Waals surface area contributed by atoms with Crippen molar-refractivity contribution >= 4 is 24.2 Å². The van der Waals surface area contributed by atoms with E-state index in [0.29, 0.717) is 12.8 Å². The van der Waals surface area contributed by atoms with E-state index < -0.39 is 59.9 Å². The lowest BCUT2D eigenvalue weighted by atomic mass is 10.1. The maximum Gasteiger partial charge on any atom is 0.508 e. The van der Waals surface area contributed by atoms with Gasteiger partial charge in [0.15, 0.2) is 11.2 Å². The second-order valence-corrected chi connectivity index (χ2v) is 10.6. The van der Waals surface area contributed by atoms with Crippen molar-refractivity contribution in [1.29, 1.82) is 0 Å². The Morgan fingerprint density at radius 2 is 0.930 bits per heavy atom. The average molecular weight is 627 g/mol. The summed E-state index contributed by atoms with van der Waals surface area (Å²) < 4.78 is 46.2. The van der Waals surface area contributed by atoms with Crippen LogP contribution in [-0.4, -0.2) is 123 Å². The van der Waals surface area contributed by atoms with Crippen molar-refractivity contribution < 1.29 is 72.0 Å². The van der Waals surface area contributed by atoms with Crippen LogP contribution in [0.2, 0.25) is 0 Å². The number of hydrogen-bond acceptors (Lipinski definition) is 15. The second kappa shape index (κ2) is 21.1. The number of aliphatic hydroxyl groups excluding tert-OH is 2. The van der Waals surface area contributed by atoms with Crippen LogP contribution in [0, 0.1) is 0 Å². The molecular weight excluding hydrogens is 576 g/mol. The number of esters is 2. The third-order valence-electron chi connectivity index (χ3n) is 5.57. The van der Waals surface area contributed by atoms with E-state index in [0.717, 1.165) is 0 Å². The second-order valence-electron chi connectivity index (χ2n) is 10.6. The number of ether oxygens (including phenoxy) is 9. The van der Waals surface area contributed by atoms with E-state index in [4.69, 9.17) is 42.6 Å². The third-order valence-corrected chi connectivity index (χ3v) is 5.57. The lowest BCUT2D eigenvalue weighted by Gasteiger charge is -2.24. The molecular formula is C28H50O15. The van der Waals surface area contributed by atoms with Crippen LogP contribution in [0.5, 0.6) is 0 Å². The van der Waals surface area contributed by atoms with E-state index in [-0.39, 0.29) is 52.9 Å². The van der Waals surface area contributed by atoms with Crippen LogP contribution in [0.1, 0.15) is 68.2 Å². The van der Waals surface area contributed by atoms with Gasteiger partial charge < -0.3 is 52.8 Å². The van der Waals surface area contributed by atoms with Crippen molar-refractivity contribution in [3.8, 4) is 0 Å². The molecule has 0 rings (SSSR count). The van der Waals surface area contributed by atoms with Crippen LogP contribution in [-0.2, 0) is 52.2 Å². The quantitative estimate of drug-likeness (QED) is 0.101. The molecule has 2 N–H and O–H groups in total. The first-order valence-corrected chi connectivity index (χ1v) is 14.3. The summed E-state index contributed by atoms with van der Waals surface area (Å²) in [5, 5.41) is 19.0. The smallest absolute Gasteiger partial charge is 0.461 e. The van der Waals surface area contributed by atoms with Gasteiger partial charge in [0.25, 0.3) is 0 Å². The molecule has 4 unspecified atom stereocenters. The maximum absolute atomic E-state index is 12.1. The summed E-state index contributed by atoms with van der Waals surface area (Å²) in [7, 11) is 0. The average Bonchev–Trinajstić information content (AvgIpc) is 2.94. The summed E-state index contributed by atoms with van der Waals surface area (Å²) in [5.74, 6) is -1.31. The highest BCUT2D eigenvalue weighted by Crippen LogP contribution is 2.13. The molecule has 0 aromatic carbocycles. The molecule has 0 heterocycles. The van der Waals surface area contributed by atoms with E-state index in [1.54, 1.807) is 27.7 Å². The molecule has 0 fully saturated rings. The molecule has 0 aliphatic rings. The van der Waals surface area contributed by atoms with Crippen LogP contribution in [0.15, 0.2) is 0 Å². The summed E-state index contributed by atoms with van der Waals surface area (Å²) in [4.78, 5) is 47.8. The molecule has 0 saturated carbocycles. The molecule has 0 spiro atoms. The fraction of sp³-hybridized carbons (Fsp3) is 0.857. The third kappa shape index (κ3) is 19.2. The Labute approximate surface area is 253 Å². The Kier molecular flexibility index (Phi) is 19.7. The standard InChI is InChI=1S/C28H50O15/c1-9-21(29)17-38-23(31)27(5,6)40-13-11-36-25(33)42-19(3)15-35-16-20(4)43-26(34)37-12-14-41-28(7,8)24(32)39-18-22(30)10-2/h19-22,29-30H,9-18H2,1-8H3. The highest BCUT2D eigenvalue weighted by atomic mass is 16.7. The first-order valence-electron chi connectivity index (χ1n) is 14.3. The molecule has 0 aromatic rings. The van der Waals surface area contributed by atoms with E-state index in [1.807, 2.05) is 0 Å². The van der Waals surface area contributed by atoms with E-state index in [2.05, 4.69) is 0 Å². The first kappa shape index (κ1) is 40.3. The largest absolute Gasteiger partial charge is 0.508 e. The molecule has 0 aliphatic heterocycles. The van der Waals surface area contributed by atoms with Crippen LogP contribution < -0.4 is 0 Å². The lowest BCUT2D eigenvalue weighted by molar-refractivity contribution is -0.172. The normalized spacial score (nSPS) is 14.6. The fourth-order valence-corrected chi connectivity index (χ4v) is 2.75. The molecule has 0 aliphatic carbocycles. The Hall–Kier alpha value is -2.72. The summed E-state index contributed by atoms with van der Waals surface area (Å²) in [6, 6.07) is 0. The van der Waals surface area contributed by atoms with Gasteiger partial charge in [-0.3, -0.25) is 0 Å². The molecule has 0 aromatic heterocycles. The lowest BCUT2D eigenvalue weighted by Crippen LogP contribution is -2.39. The van der Waals surface area contributed by atoms with Gasteiger partial charge in [-0.25, -0.2) is 19.2 Å². The predicted octanol–water partition coefficient (Wildman–Crippen LogP) is 2.31. The van der Waals surface area contributed by atoms with Crippen molar-refractivity contribution in [1.82, 2.24) is 0 Å². The van der Waals surface area contributed by atoms with Gasteiger partial charge in [0.05, 0.1) is 38.6 Å². The summed E-state index contributed by atoms with van der Waals surface area (Å²) in [5.41, 5.74) is -2.60. The zero-order valence-corrected chi connectivity index (χ0v) is 26.6. The molecule has 4 atom stereocenters. The van der Waals surface area contributed by atoms with E-state index in [9.17, 15) is 29.4 Å². The van der Waals surface area contributed by atoms with Gasteiger partial charge >= 0.3 is 24.2 Å². The molecule has 0 radical (unpaired) electrons. The topological polar surface area (TPSA) is 192 Å². The van der Waals surface area contributed by atoms with Crippen LogP contribution in [0.4, 0.5) is 9.59 Å². The Morgan fingerprint density at radius 1 is 0.581 bits per heavy atom. The van der Waals surface area contributed by atoms with Crippen molar-refractivity contribution in [2.24, 2.45) is 0 Å². The van der Waals surface area contributed by atoms with E-state index >= 15 is 0 Å².